The number of aromatic nitrogens is 8. The molecule has 12 heterocycles. The zero-order valence-electron chi connectivity index (χ0n) is 54.6. The molecule has 4 saturated heterocycles. The van der Waals surface area contributed by atoms with Gasteiger partial charge in [-0.3, -0.25) is 22.8 Å². The number of fused-ring (bicyclic) bond motifs is 2. The lowest BCUT2D eigenvalue weighted by Gasteiger charge is -2.33. The SMILES string of the molecule is C.C1CCNC1.CCc1nc2ccc(-c3ccc(N4CCC(C(=O)N5CCCC5)CC4)nc3)cn2c1N(C)c1nc(-c2ccc(F)cc2)c(C#N)s1.CCc1nc2ccc(-c3ccc(N4CCC(C(=O)O)CC4)nc3)cn2c1N(C)c1nc(-c2ccc(F)cc2)c(C#N)s1.[2H]CF. The second kappa shape index (κ2) is 31.7. The maximum absolute atomic E-state index is 13.6. The number of anilines is 6. The van der Waals surface area contributed by atoms with Gasteiger partial charge in [-0.25, -0.2) is 38.7 Å². The fraction of sp³-hybridized carbons (Fsp3) is 0.361. The first-order valence-electron chi connectivity index (χ1n) is 32.7. The summed E-state index contributed by atoms with van der Waals surface area (Å²) in [5.41, 5.74) is 9.75. The Morgan fingerprint density at radius 2 is 0.990 bits per heavy atom. The summed E-state index contributed by atoms with van der Waals surface area (Å²) in [6.07, 6.45) is 17.3. The van der Waals surface area contributed by atoms with Crippen molar-refractivity contribution < 1.29 is 29.2 Å². The maximum Gasteiger partial charge on any atom is 0.306 e. The van der Waals surface area contributed by atoms with E-state index in [0.29, 0.717) is 87.2 Å². The highest BCUT2D eigenvalue weighted by molar-refractivity contribution is 7.17. The van der Waals surface area contributed by atoms with Gasteiger partial charge in [0.25, 0.3) is 0 Å². The number of likely N-dealkylation sites (tertiary alicyclic amines) is 1. The number of nitriles is 2. The zero-order chi connectivity index (χ0) is 67.4. The standard InChI is InChI=1S/C35H35FN8OS.C31H28FN7O2S.C4H9N.CH3F.CH4/c1-3-28-33(41(2)35-40-32(29(20-37)46-35)23-6-10-27(36)11-7-23)44-22-26(9-13-31(44)39-28)25-8-12-30(38-21-25)42-18-14-24(15-19-42)34(45)43-16-4-5-17-43;1-3-24-29(37(2)31-36-28(25(16-33)42-31)19-4-8-23(32)9-5-19)39-18-22(7-11-27(39)35-24)21-6-10-26(34-17-21)38-14-12-20(13-15-38)30(40)41;1-2-4-5-3-1;1-2;/h6-13,21-22,24H,3-5,14-19H2,1-2H3;4-11,17-18,20H,3,12-15H2,1-2H3,(H,40,41);5H,1-4H2;1H3;1H4/i;;;1D;. The van der Waals surface area contributed by atoms with Crippen molar-refractivity contribution in [1.29, 1.82) is 10.5 Å². The second-order valence-electron chi connectivity index (χ2n) is 23.6. The number of amides is 1. The number of carboxylic acids is 1. The number of imidazole rings is 2. The predicted octanol–water partition coefficient (Wildman–Crippen LogP) is 14.5. The number of halogens is 3. The van der Waals surface area contributed by atoms with Crippen LogP contribution in [0.2, 0.25) is 0 Å². The van der Waals surface area contributed by atoms with Crippen molar-refractivity contribution in [3.05, 3.63) is 155 Å². The number of alkyl halides is 1. The van der Waals surface area contributed by atoms with E-state index in [9.17, 15) is 38.4 Å². The van der Waals surface area contributed by atoms with Crippen molar-refractivity contribution in [1.82, 2.24) is 48.9 Å². The molecule has 19 nitrogen and oxygen atoms in total. The lowest BCUT2D eigenvalue weighted by atomic mass is 9.95. The third-order valence-corrected chi connectivity index (χ3v) is 19.8. The normalized spacial score (nSPS) is 14.9. The molecule has 24 heteroatoms. The van der Waals surface area contributed by atoms with E-state index in [-0.39, 0.29) is 30.9 Å². The molecule has 2 N–H and O–H groups in total. The number of piperidine rings is 2. The summed E-state index contributed by atoms with van der Waals surface area (Å²) in [4.78, 5) is 64.3. The van der Waals surface area contributed by atoms with E-state index in [0.717, 1.165) is 120 Å². The summed E-state index contributed by atoms with van der Waals surface area (Å²) in [6.45, 7) is 11.5. The number of hydrogen-bond donors (Lipinski definition) is 2. The number of thiazole rings is 2. The predicted molar refractivity (Wildman–Crippen MR) is 375 cm³/mol. The first-order chi connectivity index (χ1) is 46.7. The van der Waals surface area contributed by atoms with E-state index >= 15 is 0 Å². The third kappa shape index (κ3) is 15.2. The number of nitrogens with zero attached hydrogens (tertiary/aromatic N) is 15. The van der Waals surface area contributed by atoms with Gasteiger partial charge in [0.1, 0.15) is 79.5 Å². The highest BCUT2D eigenvalue weighted by Gasteiger charge is 2.31. The second-order valence-corrected chi connectivity index (χ2v) is 25.6. The van der Waals surface area contributed by atoms with Crippen LogP contribution in [0.15, 0.2) is 122 Å². The molecule has 4 aliphatic heterocycles. The molecule has 0 aliphatic carbocycles. The summed E-state index contributed by atoms with van der Waals surface area (Å²) in [7, 11) is 2.84. The van der Waals surface area contributed by atoms with Crippen LogP contribution < -0.4 is 24.9 Å². The van der Waals surface area contributed by atoms with Crippen LogP contribution in [0.5, 0.6) is 0 Å². The third-order valence-electron chi connectivity index (χ3n) is 17.7. The Morgan fingerprint density at radius 1 is 0.594 bits per heavy atom. The maximum atomic E-state index is 13.6. The van der Waals surface area contributed by atoms with Crippen LogP contribution >= 0.6 is 22.7 Å². The van der Waals surface area contributed by atoms with E-state index < -0.39 is 13.1 Å². The van der Waals surface area contributed by atoms with Crippen LogP contribution in [0.25, 0.3) is 56.1 Å². The Labute approximate surface area is 567 Å². The number of aliphatic carboxylic acids is 1. The molecular formula is C72H79F3N16O3S2. The number of hydrogen-bond acceptors (Lipinski definition) is 17. The average molecular weight is 1340 g/mol. The molecule has 0 saturated carbocycles. The molecule has 0 spiro atoms. The molecule has 498 valence electrons. The lowest BCUT2D eigenvalue weighted by molar-refractivity contribution is -0.142. The van der Waals surface area contributed by atoms with Gasteiger partial charge in [-0.05, 0) is 174 Å². The van der Waals surface area contributed by atoms with E-state index in [1.807, 2.05) is 82.1 Å². The Morgan fingerprint density at radius 3 is 1.34 bits per heavy atom. The molecule has 10 aromatic rings. The van der Waals surface area contributed by atoms with Gasteiger partial charge < -0.3 is 34.9 Å². The summed E-state index contributed by atoms with van der Waals surface area (Å²) in [6, 6.07) is 32.8. The first kappa shape index (κ1) is 67.7. The fourth-order valence-corrected chi connectivity index (χ4v) is 14.2. The van der Waals surface area contributed by atoms with Crippen molar-refractivity contribution in [3.63, 3.8) is 0 Å². The van der Waals surface area contributed by atoms with Crippen molar-refractivity contribution >= 4 is 79.4 Å². The van der Waals surface area contributed by atoms with Crippen LogP contribution in [-0.2, 0) is 22.4 Å². The molecule has 0 unspecified atom stereocenters. The summed E-state index contributed by atoms with van der Waals surface area (Å²) >= 11 is 2.58. The highest BCUT2D eigenvalue weighted by atomic mass is 32.1. The van der Waals surface area contributed by atoms with E-state index in [1.165, 1.54) is 72.9 Å². The molecule has 2 aromatic carbocycles. The molecule has 8 aromatic heterocycles. The smallest absolute Gasteiger partial charge is 0.306 e. The lowest BCUT2D eigenvalue weighted by Crippen LogP contribution is -2.41. The summed E-state index contributed by atoms with van der Waals surface area (Å²) in [5.74, 6) is 2.27. The van der Waals surface area contributed by atoms with E-state index in [2.05, 4.69) is 69.9 Å². The molecule has 0 atom stereocenters. The molecule has 1 amide bonds. The quantitative estimate of drug-likeness (QED) is 0.103. The van der Waals surface area contributed by atoms with Gasteiger partial charge in [0.15, 0.2) is 10.3 Å². The monoisotopic (exact) mass is 1340 g/mol. The van der Waals surface area contributed by atoms with Gasteiger partial charge in [0.2, 0.25) is 5.91 Å². The average Bonchev–Trinajstić information content (AvgIpc) is 1.63. The van der Waals surface area contributed by atoms with Crippen LogP contribution in [-0.4, -0.2) is 134 Å². The molecular weight excluding hydrogens is 1260 g/mol. The Bertz CT molecular complexity index is 4380. The molecule has 0 radical (unpaired) electrons. The van der Waals surface area contributed by atoms with Gasteiger partial charge in [-0.15, -0.1) is 0 Å². The topological polar surface area (TPSA) is 216 Å². The van der Waals surface area contributed by atoms with E-state index in [1.54, 1.807) is 24.3 Å². The zero-order valence-corrected chi connectivity index (χ0v) is 55.2. The number of carbonyl (C=O) groups is 2. The summed E-state index contributed by atoms with van der Waals surface area (Å²) < 4.78 is 46.7. The van der Waals surface area contributed by atoms with Crippen LogP contribution in [0.3, 0.4) is 0 Å². The number of benzene rings is 2. The Hall–Kier alpha value is -9.75. The number of rotatable bonds is 14. The van der Waals surface area contributed by atoms with Gasteiger partial charge in [-0.1, -0.05) is 43.9 Å². The van der Waals surface area contributed by atoms with Crippen molar-refractivity contribution in [2.75, 3.05) is 93.2 Å². The highest BCUT2D eigenvalue weighted by Crippen LogP contribution is 2.40. The summed E-state index contributed by atoms with van der Waals surface area (Å²) in [5, 5.41) is 33.4. The molecule has 4 fully saturated rings. The van der Waals surface area contributed by atoms with Crippen LogP contribution in [0.4, 0.5) is 46.7 Å². The molecule has 96 heavy (non-hydrogen) atoms. The van der Waals surface area contributed by atoms with Crippen LogP contribution in [0, 0.1) is 46.1 Å². The molecule has 4 aliphatic rings. The Balaban J connectivity index is 0.000000188. The van der Waals surface area contributed by atoms with Crippen molar-refractivity contribution in [2.45, 2.75) is 85.5 Å². The molecule has 14 rings (SSSR count). The number of nitrogens with one attached hydrogen (secondary N) is 1. The van der Waals surface area contributed by atoms with Gasteiger partial charge >= 0.3 is 5.97 Å². The minimum absolute atomic E-state index is 0. The molecule has 0 bridgehead atoms. The van der Waals surface area contributed by atoms with Crippen molar-refractivity contribution in [3.8, 4) is 56.9 Å². The van der Waals surface area contributed by atoms with E-state index in [4.69, 9.17) is 31.3 Å². The minimum atomic E-state index is -1.00. The number of aryl methyl sites for hydroxylation is 2. The first-order valence-corrected chi connectivity index (χ1v) is 33.7. The van der Waals surface area contributed by atoms with Gasteiger partial charge in [-0.2, -0.15) is 10.5 Å². The fourth-order valence-electron chi connectivity index (χ4n) is 12.6. The largest absolute Gasteiger partial charge is 0.481 e. The van der Waals surface area contributed by atoms with Crippen LogP contribution in [0.1, 0.15) is 95.2 Å². The number of carbonyl (C=O) groups excluding carboxylic acids is 1. The Kier molecular flexibility index (Phi) is 22.3. The van der Waals surface area contributed by atoms with Crippen molar-refractivity contribution in [2.24, 2.45) is 11.8 Å². The number of carboxylic acid groups (broad SMARTS) is 1. The van der Waals surface area contributed by atoms with Gasteiger partial charge in [0, 0.05) is 117 Å². The number of pyridine rings is 4. The van der Waals surface area contributed by atoms with Gasteiger partial charge in [0.05, 0.1) is 25.8 Å². The minimum Gasteiger partial charge on any atom is -0.481 e.